The minimum atomic E-state index is 0. The number of carbonyl (C=O) groups is 1. The molecule has 1 fully saturated rings. The van der Waals surface area contributed by atoms with E-state index in [2.05, 4.69) is 13.8 Å². The molecule has 2 N–H and O–H groups in total. The number of piperidine rings is 1. The van der Waals surface area contributed by atoms with Gasteiger partial charge in [0.25, 0.3) is 5.91 Å². The van der Waals surface area contributed by atoms with Crippen LogP contribution in [0.1, 0.15) is 36.4 Å². The molecule has 0 saturated carbocycles. The highest BCUT2D eigenvalue weighted by atomic mass is 35.5. The normalized spacial score (nSPS) is 23.6. The summed E-state index contributed by atoms with van der Waals surface area (Å²) in [6.45, 7) is 6.39. The summed E-state index contributed by atoms with van der Waals surface area (Å²) in [5.74, 6) is 1.87. The molecule has 5 heteroatoms. The first-order chi connectivity index (χ1) is 8.10. The molecule has 1 aliphatic heterocycles. The molecule has 0 aliphatic carbocycles. The van der Waals surface area contributed by atoms with Crippen LogP contribution in [-0.4, -0.2) is 23.9 Å². The summed E-state index contributed by atoms with van der Waals surface area (Å²) in [6.07, 6.45) is 2.71. The fraction of sp³-hybridized carbons (Fsp3) is 0.615. The van der Waals surface area contributed by atoms with Crippen molar-refractivity contribution in [1.29, 1.82) is 0 Å². The van der Waals surface area contributed by atoms with Crippen LogP contribution in [0.3, 0.4) is 0 Å². The molecule has 1 aromatic heterocycles. The van der Waals surface area contributed by atoms with Gasteiger partial charge in [-0.1, -0.05) is 13.8 Å². The molecule has 0 radical (unpaired) electrons. The number of likely N-dealkylation sites (tertiary alicyclic amines) is 1. The monoisotopic (exact) mass is 272 g/mol. The summed E-state index contributed by atoms with van der Waals surface area (Å²) in [5.41, 5.74) is 6.08. The molecular formula is C13H21ClN2O2. The SMILES string of the molecule is CC1CC(C)CN(C(=O)c2coc(CN)c2)C1.Cl. The van der Waals surface area contributed by atoms with E-state index >= 15 is 0 Å². The average molecular weight is 273 g/mol. The Balaban J connectivity index is 0.00000162. The van der Waals surface area contributed by atoms with Crippen LogP contribution in [0.4, 0.5) is 0 Å². The molecule has 0 aromatic carbocycles. The van der Waals surface area contributed by atoms with Crippen LogP contribution in [0.2, 0.25) is 0 Å². The molecule has 0 spiro atoms. The Morgan fingerprint density at radius 2 is 2.06 bits per heavy atom. The minimum absolute atomic E-state index is 0. The lowest BCUT2D eigenvalue weighted by molar-refractivity contribution is 0.0622. The van der Waals surface area contributed by atoms with Crippen molar-refractivity contribution in [3.8, 4) is 0 Å². The maximum Gasteiger partial charge on any atom is 0.257 e. The molecule has 4 nitrogen and oxygen atoms in total. The lowest BCUT2D eigenvalue weighted by Gasteiger charge is -2.34. The second-order valence-electron chi connectivity index (χ2n) is 5.16. The number of hydrogen-bond acceptors (Lipinski definition) is 3. The van der Waals surface area contributed by atoms with E-state index in [9.17, 15) is 4.79 Å². The number of furan rings is 1. The van der Waals surface area contributed by atoms with E-state index in [4.69, 9.17) is 10.2 Å². The number of halogens is 1. The van der Waals surface area contributed by atoms with E-state index in [1.165, 1.54) is 12.7 Å². The maximum atomic E-state index is 12.2. The second kappa shape index (κ2) is 6.25. The Hall–Kier alpha value is -1.00. The quantitative estimate of drug-likeness (QED) is 0.899. The Morgan fingerprint density at radius 3 is 2.56 bits per heavy atom. The van der Waals surface area contributed by atoms with Gasteiger partial charge in [-0.25, -0.2) is 0 Å². The zero-order valence-electron chi connectivity index (χ0n) is 10.9. The van der Waals surface area contributed by atoms with Crippen LogP contribution in [0.25, 0.3) is 0 Å². The highest BCUT2D eigenvalue weighted by Crippen LogP contribution is 2.23. The molecular weight excluding hydrogens is 252 g/mol. The van der Waals surface area contributed by atoms with Crippen molar-refractivity contribution in [2.45, 2.75) is 26.8 Å². The van der Waals surface area contributed by atoms with Gasteiger partial charge in [0, 0.05) is 13.1 Å². The molecule has 1 saturated heterocycles. The Morgan fingerprint density at radius 1 is 1.44 bits per heavy atom. The van der Waals surface area contributed by atoms with Gasteiger partial charge in [-0.3, -0.25) is 4.79 Å². The molecule has 2 rings (SSSR count). The van der Waals surface area contributed by atoms with Gasteiger partial charge in [0.05, 0.1) is 12.1 Å². The Labute approximate surface area is 114 Å². The van der Waals surface area contributed by atoms with E-state index in [-0.39, 0.29) is 18.3 Å². The van der Waals surface area contributed by atoms with Crippen molar-refractivity contribution in [2.24, 2.45) is 17.6 Å². The molecule has 2 heterocycles. The molecule has 0 bridgehead atoms. The summed E-state index contributed by atoms with van der Waals surface area (Å²) >= 11 is 0. The summed E-state index contributed by atoms with van der Waals surface area (Å²) in [4.78, 5) is 14.2. The second-order valence-corrected chi connectivity index (χ2v) is 5.16. The van der Waals surface area contributed by atoms with Crippen LogP contribution in [-0.2, 0) is 6.54 Å². The van der Waals surface area contributed by atoms with Crippen molar-refractivity contribution >= 4 is 18.3 Å². The number of hydrogen-bond donors (Lipinski definition) is 1. The van der Waals surface area contributed by atoms with Crippen LogP contribution in [0.15, 0.2) is 16.7 Å². The third kappa shape index (κ3) is 3.27. The molecule has 1 amide bonds. The van der Waals surface area contributed by atoms with Crippen LogP contribution in [0.5, 0.6) is 0 Å². The van der Waals surface area contributed by atoms with Crippen LogP contribution in [0, 0.1) is 11.8 Å². The van der Waals surface area contributed by atoms with E-state index in [1.807, 2.05) is 4.90 Å². The number of carbonyl (C=O) groups excluding carboxylic acids is 1. The largest absolute Gasteiger partial charge is 0.467 e. The highest BCUT2D eigenvalue weighted by Gasteiger charge is 2.26. The van der Waals surface area contributed by atoms with E-state index in [0.29, 0.717) is 29.7 Å². The first-order valence-corrected chi connectivity index (χ1v) is 6.17. The van der Waals surface area contributed by atoms with Crippen molar-refractivity contribution in [1.82, 2.24) is 4.90 Å². The Bertz CT molecular complexity index is 395. The molecule has 2 unspecified atom stereocenters. The standard InChI is InChI=1S/C13H20N2O2.ClH/c1-9-3-10(2)7-15(6-9)13(16)11-4-12(5-14)17-8-11;/h4,8-10H,3,5-7,14H2,1-2H3;1H. The lowest BCUT2D eigenvalue weighted by atomic mass is 9.91. The first kappa shape index (κ1) is 15.1. The van der Waals surface area contributed by atoms with Gasteiger partial charge < -0.3 is 15.1 Å². The van der Waals surface area contributed by atoms with Gasteiger partial charge in [0.1, 0.15) is 12.0 Å². The van der Waals surface area contributed by atoms with Crippen molar-refractivity contribution in [3.05, 3.63) is 23.7 Å². The molecule has 1 aromatic rings. The predicted molar refractivity (Wildman–Crippen MR) is 72.7 cm³/mol. The number of nitrogens with zero attached hydrogens (tertiary/aromatic N) is 1. The highest BCUT2D eigenvalue weighted by molar-refractivity contribution is 5.94. The number of amides is 1. The van der Waals surface area contributed by atoms with Gasteiger partial charge in [-0.15, -0.1) is 12.4 Å². The smallest absolute Gasteiger partial charge is 0.257 e. The maximum absolute atomic E-state index is 12.2. The van der Waals surface area contributed by atoms with Crippen LogP contribution < -0.4 is 5.73 Å². The van der Waals surface area contributed by atoms with E-state index < -0.39 is 0 Å². The third-order valence-corrected chi connectivity index (χ3v) is 3.26. The molecule has 2 atom stereocenters. The van der Waals surface area contributed by atoms with Crippen LogP contribution >= 0.6 is 12.4 Å². The van der Waals surface area contributed by atoms with Gasteiger partial charge in [-0.05, 0) is 24.3 Å². The van der Waals surface area contributed by atoms with Gasteiger partial charge in [0.2, 0.25) is 0 Å². The van der Waals surface area contributed by atoms with Crippen molar-refractivity contribution < 1.29 is 9.21 Å². The zero-order chi connectivity index (χ0) is 12.4. The summed E-state index contributed by atoms with van der Waals surface area (Å²) in [5, 5.41) is 0. The topological polar surface area (TPSA) is 59.5 Å². The lowest BCUT2D eigenvalue weighted by Crippen LogP contribution is -2.42. The average Bonchev–Trinajstić information content (AvgIpc) is 2.75. The van der Waals surface area contributed by atoms with Crippen molar-refractivity contribution in [3.63, 3.8) is 0 Å². The van der Waals surface area contributed by atoms with E-state index in [0.717, 1.165) is 13.1 Å². The predicted octanol–water partition coefficient (Wildman–Crippen LogP) is 2.28. The number of nitrogens with two attached hydrogens (primary N) is 1. The third-order valence-electron chi connectivity index (χ3n) is 3.26. The zero-order valence-corrected chi connectivity index (χ0v) is 11.7. The number of rotatable bonds is 2. The van der Waals surface area contributed by atoms with Gasteiger partial charge >= 0.3 is 0 Å². The van der Waals surface area contributed by atoms with E-state index in [1.54, 1.807) is 6.07 Å². The van der Waals surface area contributed by atoms with Gasteiger partial charge in [-0.2, -0.15) is 0 Å². The minimum Gasteiger partial charge on any atom is -0.467 e. The summed E-state index contributed by atoms with van der Waals surface area (Å²) in [6, 6.07) is 1.74. The summed E-state index contributed by atoms with van der Waals surface area (Å²) < 4.78 is 5.21. The molecule has 1 aliphatic rings. The molecule has 102 valence electrons. The Kier molecular flexibility index (Phi) is 5.23. The summed E-state index contributed by atoms with van der Waals surface area (Å²) in [7, 11) is 0. The fourth-order valence-electron chi connectivity index (χ4n) is 2.61. The molecule has 18 heavy (non-hydrogen) atoms. The fourth-order valence-corrected chi connectivity index (χ4v) is 2.61. The van der Waals surface area contributed by atoms with Gasteiger partial charge in [0.15, 0.2) is 0 Å². The van der Waals surface area contributed by atoms with Crippen molar-refractivity contribution in [2.75, 3.05) is 13.1 Å². The first-order valence-electron chi connectivity index (χ1n) is 6.17.